The summed E-state index contributed by atoms with van der Waals surface area (Å²) in [6.45, 7) is 6.64. The van der Waals surface area contributed by atoms with E-state index in [4.69, 9.17) is 0 Å². The first-order valence-electron chi connectivity index (χ1n) is 6.48. The van der Waals surface area contributed by atoms with Gasteiger partial charge in [0.15, 0.2) is 0 Å². The van der Waals surface area contributed by atoms with Crippen LogP contribution in [-0.4, -0.2) is 20.5 Å². The fraction of sp³-hybridized carbons (Fsp3) is 0.400. The van der Waals surface area contributed by atoms with Crippen LogP contribution < -0.4 is 0 Å². The molecule has 0 N–H and O–H groups in total. The van der Waals surface area contributed by atoms with Crippen LogP contribution in [0.1, 0.15) is 25.0 Å². The Hall–Kier alpha value is -1.61. The summed E-state index contributed by atoms with van der Waals surface area (Å²) in [6.07, 6.45) is 3.82. The lowest BCUT2D eigenvalue weighted by atomic mass is 10.0. The Morgan fingerprint density at radius 1 is 1.22 bits per heavy atom. The zero-order chi connectivity index (χ0) is 12.7. The van der Waals surface area contributed by atoms with Gasteiger partial charge in [-0.05, 0) is 25.0 Å². The maximum Gasteiger partial charge on any atom is 0.0948 e. The summed E-state index contributed by atoms with van der Waals surface area (Å²) >= 11 is 0. The van der Waals surface area contributed by atoms with E-state index in [1.807, 2.05) is 12.5 Å². The van der Waals surface area contributed by atoms with Crippen LogP contribution in [0.25, 0.3) is 11.3 Å². The van der Waals surface area contributed by atoms with Gasteiger partial charge in [-0.15, -0.1) is 0 Å². The monoisotopic (exact) mass is 241 g/mol. The molecule has 1 aromatic heterocycles. The van der Waals surface area contributed by atoms with Crippen LogP contribution in [0.3, 0.4) is 0 Å². The third-order valence-corrected chi connectivity index (χ3v) is 3.83. The first kappa shape index (κ1) is 11.5. The molecule has 0 unspecified atom stereocenters. The van der Waals surface area contributed by atoms with E-state index >= 15 is 0 Å². The SMILES string of the molecule is CC(C)N1Cc2cccc(-c3cncn3C)c2C1. The van der Waals surface area contributed by atoms with E-state index in [0.29, 0.717) is 6.04 Å². The molecular formula is C15H19N3. The number of hydrogen-bond donors (Lipinski definition) is 0. The van der Waals surface area contributed by atoms with E-state index in [1.54, 1.807) is 0 Å². The van der Waals surface area contributed by atoms with Gasteiger partial charge in [0, 0.05) is 31.7 Å². The van der Waals surface area contributed by atoms with Gasteiger partial charge in [0.05, 0.1) is 18.2 Å². The Morgan fingerprint density at radius 3 is 2.72 bits per heavy atom. The summed E-state index contributed by atoms with van der Waals surface area (Å²) in [6, 6.07) is 7.21. The minimum absolute atomic E-state index is 0.594. The first-order chi connectivity index (χ1) is 8.66. The van der Waals surface area contributed by atoms with Crippen LogP contribution >= 0.6 is 0 Å². The predicted molar refractivity (Wildman–Crippen MR) is 73.0 cm³/mol. The highest BCUT2D eigenvalue weighted by atomic mass is 15.2. The quantitative estimate of drug-likeness (QED) is 0.806. The average molecular weight is 241 g/mol. The van der Waals surface area contributed by atoms with Crippen molar-refractivity contribution in [2.45, 2.75) is 33.0 Å². The molecule has 1 aliphatic heterocycles. The molecule has 3 heteroatoms. The molecule has 0 saturated carbocycles. The van der Waals surface area contributed by atoms with Crippen LogP contribution in [0.2, 0.25) is 0 Å². The van der Waals surface area contributed by atoms with Gasteiger partial charge in [-0.1, -0.05) is 18.2 Å². The van der Waals surface area contributed by atoms with Gasteiger partial charge < -0.3 is 4.57 Å². The van der Waals surface area contributed by atoms with Crippen molar-refractivity contribution in [1.29, 1.82) is 0 Å². The second-order valence-electron chi connectivity index (χ2n) is 5.33. The third-order valence-electron chi connectivity index (χ3n) is 3.83. The minimum Gasteiger partial charge on any atom is -0.334 e. The maximum absolute atomic E-state index is 4.23. The van der Waals surface area contributed by atoms with E-state index in [1.165, 1.54) is 22.4 Å². The molecule has 0 fully saturated rings. The Kier molecular flexibility index (Phi) is 2.71. The highest BCUT2D eigenvalue weighted by Gasteiger charge is 2.24. The Bertz CT molecular complexity index is 569. The van der Waals surface area contributed by atoms with Crippen molar-refractivity contribution >= 4 is 0 Å². The molecule has 18 heavy (non-hydrogen) atoms. The molecule has 94 valence electrons. The zero-order valence-electron chi connectivity index (χ0n) is 11.2. The summed E-state index contributed by atoms with van der Waals surface area (Å²) < 4.78 is 2.09. The molecule has 2 heterocycles. The number of benzene rings is 1. The third kappa shape index (κ3) is 1.75. The Balaban J connectivity index is 2.06. The number of aromatic nitrogens is 2. The van der Waals surface area contributed by atoms with Crippen molar-refractivity contribution in [3.63, 3.8) is 0 Å². The molecular weight excluding hydrogens is 222 g/mol. The average Bonchev–Trinajstić information content (AvgIpc) is 2.94. The van der Waals surface area contributed by atoms with Crippen molar-refractivity contribution < 1.29 is 0 Å². The second kappa shape index (κ2) is 4.25. The van der Waals surface area contributed by atoms with Crippen LogP contribution in [0.4, 0.5) is 0 Å². The fourth-order valence-corrected chi connectivity index (χ4v) is 2.67. The van der Waals surface area contributed by atoms with Gasteiger partial charge in [0.1, 0.15) is 0 Å². The van der Waals surface area contributed by atoms with Crippen molar-refractivity contribution in [3.05, 3.63) is 41.9 Å². The van der Waals surface area contributed by atoms with Crippen molar-refractivity contribution in [1.82, 2.24) is 14.5 Å². The summed E-state index contributed by atoms with van der Waals surface area (Å²) in [4.78, 5) is 6.73. The molecule has 0 atom stereocenters. The minimum atomic E-state index is 0.594. The van der Waals surface area contributed by atoms with Crippen molar-refractivity contribution in [2.75, 3.05) is 0 Å². The van der Waals surface area contributed by atoms with E-state index in [-0.39, 0.29) is 0 Å². The molecule has 3 rings (SSSR count). The molecule has 1 aliphatic rings. The van der Waals surface area contributed by atoms with Crippen LogP contribution in [0.15, 0.2) is 30.7 Å². The molecule has 0 radical (unpaired) electrons. The molecule has 0 bridgehead atoms. The molecule has 0 spiro atoms. The van der Waals surface area contributed by atoms with Gasteiger partial charge in [-0.25, -0.2) is 4.98 Å². The highest BCUT2D eigenvalue weighted by molar-refractivity contribution is 5.66. The zero-order valence-corrected chi connectivity index (χ0v) is 11.2. The van der Waals surface area contributed by atoms with E-state index in [0.717, 1.165) is 13.1 Å². The van der Waals surface area contributed by atoms with Gasteiger partial charge in [0.25, 0.3) is 0 Å². The molecule has 0 saturated heterocycles. The Morgan fingerprint density at radius 2 is 2.06 bits per heavy atom. The van der Waals surface area contributed by atoms with Crippen LogP contribution in [-0.2, 0) is 20.1 Å². The van der Waals surface area contributed by atoms with Crippen molar-refractivity contribution in [2.24, 2.45) is 7.05 Å². The number of rotatable bonds is 2. The standard InChI is InChI=1S/C15H19N3/c1-11(2)18-8-12-5-4-6-13(14(12)9-18)15-7-16-10-17(15)3/h4-7,10-11H,8-9H2,1-3H3. The van der Waals surface area contributed by atoms with Gasteiger partial charge in [0.2, 0.25) is 0 Å². The smallest absolute Gasteiger partial charge is 0.0948 e. The normalized spacial score (nSPS) is 15.3. The number of hydrogen-bond acceptors (Lipinski definition) is 2. The van der Waals surface area contributed by atoms with Crippen LogP contribution in [0.5, 0.6) is 0 Å². The van der Waals surface area contributed by atoms with E-state index in [2.05, 4.69) is 53.5 Å². The lowest BCUT2D eigenvalue weighted by Gasteiger charge is -2.19. The Labute approximate surface area is 108 Å². The first-order valence-corrected chi connectivity index (χ1v) is 6.48. The number of nitrogens with zero attached hydrogens (tertiary/aromatic N) is 3. The van der Waals surface area contributed by atoms with E-state index in [9.17, 15) is 0 Å². The van der Waals surface area contributed by atoms with Gasteiger partial charge in [-0.3, -0.25) is 4.90 Å². The summed E-state index contributed by atoms with van der Waals surface area (Å²) in [5, 5.41) is 0. The van der Waals surface area contributed by atoms with Crippen LogP contribution in [0, 0.1) is 0 Å². The largest absolute Gasteiger partial charge is 0.334 e. The number of fused-ring (bicyclic) bond motifs is 1. The molecule has 0 aliphatic carbocycles. The molecule has 3 nitrogen and oxygen atoms in total. The molecule has 2 aromatic rings. The topological polar surface area (TPSA) is 21.1 Å². The molecule has 1 aromatic carbocycles. The second-order valence-corrected chi connectivity index (χ2v) is 5.33. The summed E-state index contributed by atoms with van der Waals surface area (Å²) in [5.41, 5.74) is 5.46. The number of aryl methyl sites for hydroxylation is 1. The predicted octanol–water partition coefficient (Wildman–Crippen LogP) is 2.81. The number of imidazole rings is 1. The molecule has 0 amide bonds. The van der Waals surface area contributed by atoms with Gasteiger partial charge >= 0.3 is 0 Å². The summed E-state index contributed by atoms with van der Waals surface area (Å²) in [7, 11) is 2.05. The van der Waals surface area contributed by atoms with Crippen molar-refractivity contribution in [3.8, 4) is 11.3 Å². The van der Waals surface area contributed by atoms with Gasteiger partial charge in [-0.2, -0.15) is 0 Å². The highest BCUT2D eigenvalue weighted by Crippen LogP contribution is 2.33. The summed E-state index contributed by atoms with van der Waals surface area (Å²) in [5.74, 6) is 0. The fourth-order valence-electron chi connectivity index (χ4n) is 2.67. The lowest BCUT2D eigenvalue weighted by molar-refractivity contribution is 0.227. The van der Waals surface area contributed by atoms with E-state index < -0.39 is 0 Å². The maximum atomic E-state index is 4.23. The lowest BCUT2D eigenvalue weighted by Crippen LogP contribution is -2.24.